The fourth-order valence-corrected chi connectivity index (χ4v) is 5.93. The van der Waals surface area contributed by atoms with Gasteiger partial charge in [-0.25, -0.2) is 18.0 Å². The minimum absolute atomic E-state index is 0.00829. The van der Waals surface area contributed by atoms with Gasteiger partial charge in [0, 0.05) is 36.5 Å². The molecular formula is C27H40F3N5O3. The molecule has 3 fully saturated rings. The van der Waals surface area contributed by atoms with E-state index in [9.17, 15) is 22.8 Å². The molecule has 1 aromatic rings. The average Bonchev–Trinajstić information content (AvgIpc) is 2.82. The van der Waals surface area contributed by atoms with Crippen molar-refractivity contribution in [3.63, 3.8) is 0 Å². The van der Waals surface area contributed by atoms with E-state index in [1.807, 2.05) is 27.7 Å². The molecule has 1 aromatic carbocycles. The zero-order valence-corrected chi connectivity index (χ0v) is 22.7. The molecule has 0 saturated carbocycles. The number of alkyl halides is 2. The maximum absolute atomic E-state index is 14.8. The lowest BCUT2D eigenvalue weighted by Crippen LogP contribution is -2.73. The van der Waals surface area contributed by atoms with Crippen molar-refractivity contribution in [3.8, 4) is 0 Å². The minimum Gasteiger partial charge on any atom is -0.444 e. The standard InChI is InChI=1S/C27H40F3N5O3/c1-14(17-7-6-8-18(21(17)28)22(29)30)31-23-20-13-19(25(36)34-24(20)33-15(2)32-23)16-9-11-35(12-10-16)26(37)38-27(3,4)5/h6-8,14-16,19-20,22-24,31-33H,9-13H2,1-5H3,(H,34,36)/t14-,15?,19?,20?,23?,24?/m1/s1. The Hall–Kier alpha value is -2.37. The third kappa shape index (κ3) is 6.43. The second kappa shape index (κ2) is 11.4. The molecule has 4 rings (SSSR count). The Morgan fingerprint density at radius 1 is 1.16 bits per heavy atom. The monoisotopic (exact) mass is 539 g/mol. The average molecular weight is 540 g/mol. The number of rotatable bonds is 5. The molecule has 0 spiro atoms. The Morgan fingerprint density at radius 3 is 2.45 bits per heavy atom. The maximum Gasteiger partial charge on any atom is 0.410 e. The van der Waals surface area contributed by atoms with Crippen molar-refractivity contribution in [1.29, 1.82) is 0 Å². The molecule has 5 unspecified atom stereocenters. The van der Waals surface area contributed by atoms with E-state index in [1.54, 1.807) is 11.8 Å². The van der Waals surface area contributed by atoms with E-state index in [-0.39, 0.29) is 53.8 Å². The molecule has 4 N–H and O–H groups in total. The van der Waals surface area contributed by atoms with Crippen molar-refractivity contribution in [2.45, 2.75) is 90.4 Å². The number of amides is 2. The summed E-state index contributed by atoms with van der Waals surface area (Å²) in [5, 5.41) is 13.3. The number of benzene rings is 1. The quantitative estimate of drug-likeness (QED) is 0.452. The summed E-state index contributed by atoms with van der Waals surface area (Å²) in [7, 11) is 0. The van der Waals surface area contributed by atoms with Crippen LogP contribution >= 0.6 is 0 Å². The third-order valence-electron chi connectivity index (χ3n) is 7.83. The molecule has 0 bridgehead atoms. The van der Waals surface area contributed by atoms with E-state index in [2.05, 4.69) is 21.3 Å². The normalized spacial score (nSPS) is 29.6. The molecule has 3 saturated heterocycles. The Morgan fingerprint density at radius 2 is 1.82 bits per heavy atom. The minimum atomic E-state index is -2.89. The Balaban J connectivity index is 1.43. The van der Waals surface area contributed by atoms with E-state index < -0.39 is 29.4 Å². The fourth-order valence-electron chi connectivity index (χ4n) is 5.93. The van der Waals surface area contributed by atoms with Gasteiger partial charge in [0.05, 0.1) is 24.1 Å². The van der Waals surface area contributed by atoms with Gasteiger partial charge in [-0.2, -0.15) is 0 Å². The predicted octanol–water partition coefficient (Wildman–Crippen LogP) is 4.00. The maximum atomic E-state index is 14.8. The van der Waals surface area contributed by atoms with Crippen molar-refractivity contribution in [3.05, 3.63) is 35.1 Å². The van der Waals surface area contributed by atoms with Crippen LogP contribution in [-0.4, -0.2) is 54.1 Å². The summed E-state index contributed by atoms with van der Waals surface area (Å²) in [5.41, 5.74) is -0.991. The van der Waals surface area contributed by atoms with Crippen LogP contribution in [0, 0.1) is 23.6 Å². The first-order valence-electron chi connectivity index (χ1n) is 13.5. The lowest BCUT2D eigenvalue weighted by molar-refractivity contribution is -0.134. The molecule has 0 aromatic heterocycles. The van der Waals surface area contributed by atoms with Crippen LogP contribution in [0.5, 0.6) is 0 Å². The van der Waals surface area contributed by atoms with Gasteiger partial charge in [-0.15, -0.1) is 0 Å². The molecule has 38 heavy (non-hydrogen) atoms. The second-order valence-electron chi connectivity index (χ2n) is 11.8. The fraction of sp³-hybridized carbons (Fsp3) is 0.704. The zero-order valence-electron chi connectivity index (χ0n) is 22.7. The van der Waals surface area contributed by atoms with Gasteiger partial charge in [0.2, 0.25) is 5.91 Å². The zero-order chi connectivity index (χ0) is 27.8. The van der Waals surface area contributed by atoms with Gasteiger partial charge in [-0.1, -0.05) is 18.2 Å². The highest BCUT2D eigenvalue weighted by molar-refractivity contribution is 5.80. The Bertz CT molecular complexity index is 1010. The van der Waals surface area contributed by atoms with Crippen molar-refractivity contribution in [1.82, 2.24) is 26.2 Å². The first kappa shape index (κ1) is 28.6. The van der Waals surface area contributed by atoms with E-state index in [1.165, 1.54) is 12.1 Å². The summed E-state index contributed by atoms with van der Waals surface area (Å²) >= 11 is 0. The van der Waals surface area contributed by atoms with Crippen LogP contribution in [0.25, 0.3) is 0 Å². The summed E-state index contributed by atoms with van der Waals surface area (Å²) < 4.78 is 46.8. The van der Waals surface area contributed by atoms with E-state index >= 15 is 0 Å². The lowest BCUT2D eigenvalue weighted by atomic mass is 9.74. The number of ether oxygens (including phenoxy) is 1. The number of carbonyl (C=O) groups excluding carboxylic acids is 2. The molecular weight excluding hydrogens is 499 g/mol. The summed E-state index contributed by atoms with van der Waals surface area (Å²) in [6.45, 7) is 10.3. The molecule has 3 aliphatic rings. The van der Waals surface area contributed by atoms with Crippen molar-refractivity contribution < 1.29 is 27.5 Å². The van der Waals surface area contributed by atoms with Crippen LogP contribution in [0.1, 0.15) is 77.5 Å². The van der Waals surface area contributed by atoms with Gasteiger partial charge in [0.15, 0.2) is 0 Å². The van der Waals surface area contributed by atoms with E-state index in [4.69, 9.17) is 4.74 Å². The number of piperidine rings is 2. The van der Waals surface area contributed by atoms with Crippen LogP contribution in [0.4, 0.5) is 18.0 Å². The molecule has 3 heterocycles. The number of nitrogens with zero attached hydrogens (tertiary/aromatic N) is 1. The number of halogens is 3. The van der Waals surface area contributed by atoms with Gasteiger partial charge >= 0.3 is 6.09 Å². The number of nitrogens with one attached hydrogen (secondary N) is 4. The number of hydrogen-bond donors (Lipinski definition) is 4. The molecule has 0 radical (unpaired) electrons. The van der Waals surface area contributed by atoms with Gasteiger partial charge in [-0.05, 0) is 59.8 Å². The van der Waals surface area contributed by atoms with Crippen molar-refractivity contribution >= 4 is 12.0 Å². The Kier molecular flexibility index (Phi) is 8.59. The van der Waals surface area contributed by atoms with Crippen molar-refractivity contribution in [2.75, 3.05) is 13.1 Å². The van der Waals surface area contributed by atoms with Crippen molar-refractivity contribution in [2.24, 2.45) is 17.8 Å². The predicted molar refractivity (Wildman–Crippen MR) is 136 cm³/mol. The third-order valence-corrected chi connectivity index (χ3v) is 7.83. The van der Waals surface area contributed by atoms with Gasteiger partial charge in [-0.3, -0.25) is 20.7 Å². The highest BCUT2D eigenvalue weighted by Crippen LogP contribution is 2.36. The first-order valence-corrected chi connectivity index (χ1v) is 13.5. The summed E-state index contributed by atoms with van der Waals surface area (Å²) in [6, 6.07) is 3.53. The summed E-state index contributed by atoms with van der Waals surface area (Å²) in [4.78, 5) is 27.3. The highest BCUT2D eigenvalue weighted by atomic mass is 19.3. The second-order valence-corrected chi connectivity index (χ2v) is 11.8. The number of hydrogen-bond acceptors (Lipinski definition) is 6. The van der Waals surface area contributed by atoms with Crippen LogP contribution < -0.4 is 21.3 Å². The van der Waals surface area contributed by atoms with Gasteiger partial charge in [0.1, 0.15) is 11.4 Å². The number of likely N-dealkylation sites (tertiary alicyclic amines) is 1. The van der Waals surface area contributed by atoms with Crippen LogP contribution in [-0.2, 0) is 9.53 Å². The van der Waals surface area contributed by atoms with Crippen LogP contribution in [0.2, 0.25) is 0 Å². The molecule has 11 heteroatoms. The smallest absolute Gasteiger partial charge is 0.410 e. The lowest BCUT2D eigenvalue weighted by Gasteiger charge is -2.49. The largest absolute Gasteiger partial charge is 0.444 e. The van der Waals surface area contributed by atoms with E-state index in [0.29, 0.717) is 32.4 Å². The summed E-state index contributed by atoms with van der Waals surface area (Å²) in [6.07, 6.45) is -1.92. The van der Waals surface area contributed by atoms with Crippen LogP contribution in [0.15, 0.2) is 18.2 Å². The molecule has 8 nitrogen and oxygen atoms in total. The highest BCUT2D eigenvalue weighted by Gasteiger charge is 2.46. The molecule has 6 atom stereocenters. The SMILES string of the molecule is CC1NC2NC(=O)C(C3CCN(C(=O)OC(C)(C)C)CC3)CC2C(N[C@H](C)c2cccc(C(F)F)c2F)N1. The molecule has 212 valence electrons. The van der Waals surface area contributed by atoms with Gasteiger partial charge < -0.3 is 15.0 Å². The topological polar surface area (TPSA) is 94.7 Å². The summed E-state index contributed by atoms with van der Waals surface area (Å²) in [5.74, 6) is -1.07. The number of fused-ring (bicyclic) bond motifs is 1. The van der Waals surface area contributed by atoms with Gasteiger partial charge in [0.25, 0.3) is 6.43 Å². The van der Waals surface area contributed by atoms with E-state index in [0.717, 1.165) is 6.07 Å². The van der Waals surface area contributed by atoms with Crippen LogP contribution in [0.3, 0.4) is 0 Å². The number of carbonyl (C=O) groups is 2. The molecule has 0 aliphatic carbocycles. The molecule has 3 aliphatic heterocycles. The Labute approximate surface area is 222 Å². The first-order chi connectivity index (χ1) is 17.8. The molecule has 2 amide bonds.